The molecule has 0 saturated heterocycles. The van der Waals surface area contributed by atoms with E-state index in [1.165, 1.54) is 155 Å². The second-order valence-corrected chi connectivity index (χ2v) is 14.0. The molecule has 0 heterocycles. The molecule has 2 amide bonds. The summed E-state index contributed by atoms with van der Waals surface area (Å²) in [6.45, 7) is 8.53. The molecular weight excluding hydrogens is 650 g/mol. The predicted octanol–water partition coefficient (Wildman–Crippen LogP) is 10.7. The standard InChI is InChI=1S/C40H79N3O8/c1-6-8-10-12-14-16-18-20-22-24-26-30-34-43(35-31-27-25-23-21-19-17-15-13-11-9-7-2)36(3)49-38(44)37(42-40(46)51-48-5)32-28-29-33-41-39(45)50-47-4/h36-37H,6-35H2,1-5H3,(H,41,45)(H,42,46). The van der Waals surface area contributed by atoms with E-state index in [2.05, 4.69) is 48.9 Å². The van der Waals surface area contributed by atoms with Gasteiger partial charge in [-0.05, 0) is 39.0 Å². The Kier molecular flexibility index (Phi) is 36.1. The molecule has 0 fully saturated rings. The van der Waals surface area contributed by atoms with Gasteiger partial charge >= 0.3 is 18.2 Å². The van der Waals surface area contributed by atoms with Gasteiger partial charge in [-0.2, -0.15) is 9.78 Å². The monoisotopic (exact) mass is 730 g/mol. The summed E-state index contributed by atoms with van der Waals surface area (Å²) in [6.07, 6.45) is 30.6. The molecule has 0 aliphatic carbocycles. The van der Waals surface area contributed by atoms with E-state index in [9.17, 15) is 14.4 Å². The van der Waals surface area contributed by atoms with Crippen molar-refractivity contribution < 1.29 is 38.7 Å². The minimum absolute atomic E-state index is 0.308. The van der Waals surface area contributed by atoms with Gasteiger partial charge in [0.2, 0.25) is 0 Å². The first-order chi connectivity index (χ1) is 24.9. The van der Waals surface area contributed by atoms with Crippen molar-refractivity contribution in [2.75, 3.05) is 33.9 Å². The average Bonchev–Trinajstić information content (AvgIpc) is 3.11. The molecule has 0 aromatic heterocycles. The summed E-state index contributed by atoms with van der Waals surface area (Å²) in [5, 5.41) is 5.11. The molecule has 51 heavy (non-hydrogen) atoms. The van der Waals surface area contributed by atoms with E-state index in [-0.39, 0.29) is 0 Å². The molecule has 11 heteroatoms. The van der Waals surface area contributed by atoms with Crippen LogP contribution in [0.15, 0.2) is 0 Å². The van der Waals surface area contributed by atoms with Crippen molar-refractivity contribution in [2.45, 2.75) is 206 Å². The van der Waals surface area contributed by atoms with Gasteiger partial charge in [0.1, 0.15) is 6.04 Å². The maximum atomic E-state index is 13.3. The van der Waals surface area contributed by atoms with Crippen LogP contribution >= 0.6 is 0 Å². The molecular formula is C40H79N3O8. The molecule has 2 atom stereocenters. The van der Waals surface area contributed by atoms with Gasteiger partial charge in [-0.1, -0.05) is 155 Å². The summed E-state index contributed by atoms with van der Waals surface area (Å²) in [6, 6.07) is -0.916. The maximum Gasteiger partial charge on any atom is 0.439 e. The smallest absolute Gasteiger partial charge is 0.439 e. The van der Waals surface area contributed by atoms with Gasteiger partial charge in [-0.3, -0.25) is 14.7 Å². The first-order valence-electron chi connectivity index (χ1n) is 20.8. The number of unbranched alkanes of at least 4 members (excludes halogenated alkanes) is 23. The second-order valence-electron chi connectivity index (χ2n) is 14.0. The van der Waals surface area contributed by atoms with Crippen LogP contribution in [0, 0.1) is 0 Å². The highest BCUT2D eigenvalue weighted by Gasteiger charge is 2.26. The lowest BCUT2D eigenvalue weighted by atomic mass is 10.0. The fourth-order valence-electron chi connectivity index (χ4n) is 6.37. The second kappa shape index (κ2) is 37.6. The summed E-state index contributed by atoms with van der Waals surface area (Å²) in [7, 11) is 2.48. The number of carbonyl (C=O) groups is 3. The molecule has 0 aliphatic heterocycles. The van der Waals surface area contributed by atoms with Crippen LogP contribution < -0.4 is 10.6 Å². The van der Waals surface area contributed by atoms with E-state index in [1.54, 1.807) is 0 Å². The van der Waals surface area contributed by atoms with E-state index < -0.39 is 30.4 Å². The first kappa shape index (κ1) is 48.9. The maximum absolute atomic E-state index is 13.3. The Labute approximate surface area is 312 Å². The highest BCUT2D eigenvalue weighted by Crippen LogP contribution is 2.16. The molecule has 11 nitrogen and oxygen atoms in total. The van der Waals surface area contributed by atoms with Gasteiger partial charge in [0, 0.05) is 19.6 Å². The largest absolute Gasteiger partial charge is 0.445 e. The molecule has 0 aromatic carbocycles. The molecule has 0 aliphatic rings. The van der Waals surface area contributed by atoms with E-state index >= 15 is 0 Å². The summed E-state index contributed by atoms with van der Waals surface area (Å²) < 4.78 is 5.97. The fraction of sp³-hybridized carbons (Fsp3) is 0.925. The normalized spacial score (nSPS) is 12.4. The summed E-state index contributed by atoms with van der Waals surface area (Å²) in [5.41, 5.74) is 0. The Morgan fingerprint density at radius 3 is 1.33 bits per heavy atom. The SMILES string of the molecule is CCCCCCCCCCCCCCN(CCCCCCCCCCCCCC)C(C)OC(=O)C(CCCCNC(=O)OOC)NC(=O)OOC. The number of hydrogen-bond acceptors (Lipinski definition) is 9. The zero-order valence-corrected chi connectivity index (χ0v) is 33.6. The number of amides is 2. The zero-order chi connectivity index (χ0) is 37.6. The van der Waals surface area contributed by atoms with Crippen LogP contribution in [0.2, 0.25) is 0 Å². The Balaban J connectivity index is 4.86. The number of nitrogens with zero attached hydrogens (tertiary/aromatic N) is 1. The molecule has 0 radical (unpaired) electrons. The van der Waals surface area contributed by atoms with Gasteiger partial charge in [0.05, 0.1) is 14.2 Å². The van der Waals surface area contributed by atoms with Crippen molar-refractivity contribution in [3.63, 3.8) is 0 Å². The molecule has 2 N–H and O–H groups in total. The third kappa shape index (κ3) is 32.3. The van der Waals surface area contributed by atoms with Crippen LogP contribution in [-0.2, 0) is 29.1 Å². The minimum Gasteiger partial charge on any atom is -0.445 e. The van der Waals surface area contributed by atoms with Crippen molar-refractivity contribution in [1.29, 1.82) is 0 Å². The Morgan fingerprint density at radius 1 is 0.529 bits per heavy atom. The van der Waals surface area contributed by atoms with Gasteiger partial charge in [0.15, 0.2) is 6.23 Å². The van der Waals surface area contributed by atoms with Crippen LogP contribution in [0.25, 0.3) is 0 Å². The molecule has 0 bridgehead atoms. The number of hydrogen-bond donors (Lipinski definition) is 2. The van der Waals surface area contributed by atoms with Gasteiger partial charge in [-0.15, -0.1) is 0 Å². The quantitative estimate of drug-likeness (QED) is 0.0211. The van der Waals surface area contributed by atoms with Crippen LogP contribution in [0.4, 0.5) is 9.59 Å². The highest BCUT2D eigenvalue weighted by atomic mass is 17.2. The van der Waals surface area contributed by atoms with Crippen molar-refractivity contribution in [3.05, 3.63) is 0 Å². The molecule has 0 saturated carbocycles. The van der Waals surface area contributed by atoms with Crippen molar-refractivity contribution in [1.82, 2.24) is 15.5 Å². The first-order valence-corrected chi connectivity index (χ1v) is 20.8. The number of nitrogens with one attached hydrogen (secondary N) is 2. The van der Waals surface area contributed by atoms with Gasteiger partial charge in [-0.25, -0.2) is 14.4 Å². The van der Waals surface area contributed by atoms with E-state index in [0.717, 1.165) is 25.9 Å². The summed E-state index contributed by atoms with van der Waals surface area (Å²) in [4.78, 5) is 56.9. The van der Waals surface area contributed by atoms with E-state index in [4.69, 9.17) is 4.74 Å². The van der Waals surface area contributed by atoms with Gasteiger partial charge in [0.25, 0.3) is 0 Å². The van der Waals surface area contributed by atoms with Crippen LogP contribution in [-0.4, -0.2) is 69.2 Å². The predicted molar refractivity (Wildman–Crippen MR) is 205 cm³/mol. The third-order valence-electron chi connectivity index (χ3n) is 9.48. The summed E-state index contributed by atoms with van der Waals surface area (Å²) in [5.74, 6) is -0.517. The minimum atomic E-state index is -0.916. The Bertz CT molecular complexity index is 776. The summed E-state index contributed by atoms with van der Waals surface area (Å²) >= 11 is 0. The number of esters is 1. The van der Waals surface area contributed by atoms with Crippen molar-refractivity contribution in [3.8, 4) is 0 Å². The highest BCUT2D eigenvalue weighted by molar-refractivity contribution is 5.81. The van der Waals surface area contributed by atoms with Crippen molar-refractivity contribution in [2.24, 2.45) is 0 Å². The van der Waals surface area contributed by atoms with E-state index in [0.29, 0.717) is 25.8 Å². The van der Waals surface area contributed by atoms with Crippen LogP contribution in [0.1, 0.15) is 194 Å². The number of rotatable bonds is 37. The van der Waals surface area contributed by atoms with Gasteiger partial charge < -0.3 is 15.4 Å². The van der Waals surface area contributed by atoms with Crippen LogP contribution in [0.3, 0.4) is 0 Å². The average molecular weight is 730 g/mol. The Morgan fingerprint density at radius 2 is 0.922 bits per heavy atom. The fourth-order valence-corrected chi connectivity index (χ4v) is 6.37. The lowest BCUT2D eigenvalue weighted by Gasteiger charge is -2.30. The lowest BCUT2D eigenvalue weighted by molar-refractivity contribution is -0.214. The molecule has 0 spiro atoms. The number of carbonyl (C=O) groups excluding carboxylic acids is 3. The van der Waals surface area contributed by atoms with Crippen molar-refractivity contribution >= 4 is 18.2 Å². The van der Waals surface area contributed by atoms with E-state index in [1.807, 2.05) is 6.92 Å². The molecule has 0 aromatic rings. The molecule has 302 valence electrons. The number of ether oxygens (including phenoxy) is 1. The Hall–Kier alpha value is -2.11. The molecule has 2 unspecified atom stereocenters. The topological polar surface area (TPSA) is 125 Å². The van der Waals surface area contributed by atoms with Crippen LogP contribution in [0.5, 0.6) is 0 Å². The lowest BCUT2D eigenvalue weighted by Crippen LogP contribution is -2.46. The molecule has 0 rings (SSSR count). The zero-order valence-electron chi connectivity index (χ0n) is 33.6. The third-order valence-corrected chi connectivity index (χ3v) is 9.48.